The number of hydrogen-bond donors (Lipinski definition) is 2. The van der Waals surface area contributed by atoms with Crippen molar-refractivity contribution < 1.29 is 14.3 Å². The Kier molecular flexibility index (Phi) is 7.41. The van der Waals surface area contributed by atoms with E-state index in [-0.39, 0.29) is 17.9 Å². The van der Waals surface area contributed by atoms with Gasteiger partial charge in [-0.15, -0.1) is 0 Å². The highest BCUT2D eigenvalue weighted by molar-refractivity contribution is 5.89. The lowest BCUT2D eigenvalue weighted by atomic mass is 10.1. The Morgan fingerprint density at radius 2 is 1.44 bits per heavy atom. The summed E-state index contributed by atoms with van der Waals surface area (Å²) < 4.78 is 5.71. The van der Waals surface area contributed by atoms with Crippen LogP contribution in [-0.2, 0) is 9.59 Å². The van der Waals surface area contributed by atoms with Crippen LogP contribution >= 0.6 is 0 Å². The van der Waals surface area contributed by atoms with Gasteiger partial charge in [-0.25, -0.2) is 0 Å². The van der Waals surface area contributed by atoms with E-state index in [1.807, 2.05) is 68.4 Å². The van der Waals surface area contributed by atoms with Crippen LogP contribution in [0.4, 0.5) is 0 Å². The number of benzene rings is 2. The van der Waals surface area contributed by atoms with Gasteiger partial charge in [0.2, 0.25) is 5.91 Å². The van der Waals surface area contributed by atoms with E-state index < -0.39 is 12.1 Å². The number of carbonyl (C=O) groups is 2. The standard InChI is InChI=1S/C22H28N2O3/c1-5-15(2)23-21(25)16(3)24-22(26)17(4)27-20-13-11-19(12-14-20)18-9-7-6-8-10-18/h6-17H,5H2,1-4H3,(H,23,25)(H,24,26). The summed E-state index contributed by atoms with van der Waals surface area (Å²) in [5, 5.41) is 5.54. The summed E-state index contributed by atoms with van der Waals surface area (Å²) in [4.78, 5) is 24.3. The minimum atomic E-state index is -0.702. The first-order chi connectivity index (χ1) is 12.9. The summed E-state index contributed by atoms with van der Waals surface area (Å²) in [6.45, 7) is 7.25. The van der Waals surface area contributed by atoms with Gasteiger partial charge in [0, 0.05) is 6.04 Å². The third-order valence-electron chi connectivity index (χ3n) is 4.40. The van der Waals surface area contributed by atoms with Crippen molar-refractivity contribution in [2.45, 2.75) is 52.3 Å². The Morgan fingerprint density at radius 1 is 0.852 bits per heavy atom. The Bertz CT molecular complexity index is 744. The number of nitrogens with one attached hydrogen (secondary N) is 2. The summed E-state index contributed by atoms with van der Waals surface area (Å²) >= 11 is 0. The Morgan fingerprint density at radius 3 is 2.04 bits per heavy atom. The molecule has 2 amide bonds. The fourth-order valence-corrected chi connectivity index (χ4v) is 2.48. The van der Waals surface area contributed by atoms with Gasteiger partial charge in [-0.1, -0.05) is 49.4 Å². The van der Waals surface area contributed by atoms with Crippen molar-refractivity contribution in [1.82, 2.24) is 10.6 Å². The molecule has 0 aromatic heterocycles. The molecule has 5 heteroatoms. The van der Waals surface area contributed by atoms with Crippen molar-refractivity contribution in [2.75, 3.05) is 0 Å². The van der Waals surface area contributed by atoms with Gasteiger partial charge in [0.1, 0.15) is 11.8 Å². The molecule has 144 valence electrons. The Labute approximate surface area is 161 Å². The SMILES string of the molecule is CCC(C)NC(=O)C(C)NC(=O)C(C)Oc1ccc(-c2ccccc2)cc1. The molecule has 3 atom stereocenters. The lowest BCUT2D eigenvalue weighted by molar-refractivity contribution is -0.132. The topological polar surface area (TPSA) is 67.4 Å². The number of ether oxygens (including phenoxy) is 1. The molecule has 0 saturated carbocycles. The number of carbonyl (C=O) groups excluding carboxylic acids is 2. The van der Waals surface area contributed by atoms with Crippen molar-refractivity contribution in [2.24, 2.45) is 0 Å². The lowest BCUT2D eigenvalue weighted by Gasteiger charge is -2.20. The van der Waals surface area contributed by atoms with Crippen molar-refractivity contribution >= 4 is 11.8 Å². The second-order valence-electron chi connectivity index (χ2n) is 6.70. The second kappa shape index (κ2) is 9.76. The molecule has 2 aromatic carbocycles. The first-order valence-electron chi connectivity index (χ1n) is 9.33. The smallest absolute Gasteiger partial charge is 0.261 e. The Balaban J connectivity index is 1.89. The molecule has 3 unspecified atom stereocenters. The maximum Gasteiger partial charge on any atom is 0.261 e. The lowest BCUT2D eigenvalue weighted by Crippen LogP contribution is -2.50. The van der Waals surface area contributed by atoms with Crippen molar-refractivity contribution in [3.05, 3.63) is 54.6 Å². The van der Waals surface area contributed by atoms with Gasteiger partial charge in [-0.05, 0) is 50.5 Å². The Hall–Kier alpha value is -2.82. The molecule has 27 heavy (non-hydrogen) atoms. The molecule has 0 radical (unpaired) electrons. The fraction of sp³-hybridized carbons (Fsp3) is 0.364. The van der Waals surface area contributed by atoms with E-state index in [4.69, 9.17) is 4.74 Å². The van der Waals surface area contributed by atoms with Gasteiger partial charge in [0.25, 0.3) is 5.91 Å². The van der Waals surface area contributed by atoms with Crippen LogP contribution in [0.15, 0.2) is 54.6 Å². The van der Waals surface area contributed by atoms with Crippen LogP contribution in [0.3, 0.4) is 0 Å². The fourth-order valence-electron chi connectivity index (χ4n) is 2.48. The highest BCUT2D eigenvalue weighted by Gasteiger charge is 2.21. The monoisotopic (exact) mass is 368 g/mol. The molecule has 0 aliphatic rings. The zero-order valence-corrected chi connectivity index (χ0v) is 16.4. The predicted molar refractivity (Wildman–Crippen MR) is 107 cm³/mol. The highest BCUT2D eigenvalue weighted by atomic mass is 16.5. The molecule has 5 nitrogen and oxygen atoms in total. The maximum absolute atomic E-state index is 12.3. The van der Waals surface area contributed by atoms with Crippen molar-refractivity contribution in [3.63, 3.8) is 0 Å². The predicted octanol–water partition coefficient (Wildman–Crippen LogP) is 3.54. The summed E-state index contributed by atoms with van der Waals surface area (Å²) in [5.41, 5.74) is 2.20. The number of hydrogen-bond acceptors (Lipinski definition) is 3. The minimum absolute atomic E-state index is 0.0775. The molecule has 2 N–H and O–H groups in total. The van der Waals surface area contributed by atoms with Crippen LogP contribution < -0.4 is 15.4 Å². The largest absolute Gasteiger partial charge is 0.481 e. The maximum atomic E-state index is 12.3. The van der Waals surface area contributed by atoms with Gasteiger partial charge >= 0.3 is 0 Å². The van der Waals surface area contributed by atoms with E-state index in [0.29, 0.717) is 5.75 Å². The van der Waals surface area contributed by atoms with Crippen LogP contribution in [0.25, 0.3) is 11.1 Å². The molecule has 2 aromatic rings. The molecule has 0 bridgehead atoms. The van der Waals surface area contributed by atoms with Crippen molar-refractivity contribution in [3.8, 4) is 16.9 Å². The van der Waals surface area contributed by atoms with E-state index in [0.717, 1.165) is 17.5 Å². The molecule has 0 aliphatic carbocycles. The molecule has 2 rings (SSSR count). The van der Waals surface area contributed by atoms with Crippen LogP contribution in [0.5, 0.6) is 5.75 Å². The van der Waals surface area contributed by atoms with Gasteiger partial charge in [-0.2, -0.15) is 0 Å². The summed E-state index contributed by atoms with van der Waals surface area (Å²) in [7, 11) is 0. The normalized spacial score (nSPS) is 13.9. The number of amides is 2. The van der Waals surface area contributed by atoms with E-state index in [2.05, 4.69) is 10.6 Å². The van der Waals surface area contributed by atoms with Crippen LogP contribution in [0.1, 0.15) is 34.1 Å². The third-order valence-corrected chi connectivity index (χ3v) is 4.40. The molecule has 0 aliphatic heterocycles. The minimum Gasteiger partial charge on any atom is -0.481 e. The van der Waals surface area contributed by atoms with E-state index in [9.17, 15) is 9.59 Å². The molecule has 0 saturated heterocycles. The van der Waals surface area contributed by atoms with Gasteiger partial charge in [0.05, 0.1) is 0 Å². The average Bonchev–Trinajstić information content (AvgIpc) is 2.68. The first-order valence-corrected chi connectivity index (χ1v) is 9.33. The quantitative estimate of drug-likeness (QED) is 0.749. The van der Waals surface area contributed by atoms with Crippen LogP contribution in [0.2, 0.25) is 0 Å². The zero-order valence-electron chi connectivity index (χ0n) is 16.4. The summed E-state index contributed by atoms with van der Waals surface area (Å²) in [5.74, 6) is 0.0834. The molecule has 0 spiro atoms. The summed E-state index contributed by atoms with van der Waals surface area (Å²) in [6, 6.07) is 17.1. The van der Waals surface area contributed by atoms with Gasteiger partial charge in [0.15, 0.2) is 6.10 Å². The molecule has 0 heterocycles. The number of rotatable bonds is 8. The zero-order chi connectivity index (χ0) is 19.8. The van der Waals surface area contributed by atoms with E-state index >= 15 is 0 Å². The molecular formula is C22H28N2O3. The van der Waals surface area contributed by atoms with E-state index in [1.54, 1.807) is 13.8 Å². The van der Waals surface area contributed by atoms with E-state index in [1.165, 1.54) is 0 Å². The molecule has 0 fully saturated rings. The second-order valence-corrected chi connectivity index (χ2v) is 6.70. The molecular weight excluding hydrogens is 340 g/mol. The average molecular weight is 368 g/mol. The first kappa shape index (κ1) is 20.5. The van der Waals surface area contributed by atoms with Gasteiger partial charge in [-0.3, -0.25) is 9.59 Å². The van der Waals surface area contributed by atoms with Crippen LogP contribution in [-0.4, -0.2) is 30.0 Å². The highest BCUT2D eigenvalue weighted by Crippen LogP contribution is 2.22. The summed E-state index contributed by atoms with van der Waals surface area (Å²) in [6.07, 6.45) is 0.136. The third kappa shape index (κ3) is 6.13. The van der Waals surface area contributed by atoms with Crippen molar-refractivity contribution in [1.29, 1.82) is 0 Å². The van der Waals surface area contributed by atoms with Crippen LogP contribution in [0, 0.1) is 0 Å². The van der Waals surface area contributed by atoms with Gasteiger partial charge < -0.3 is 15.4 Å².